The molecule has 0 aromatic rings. The standard InChI is InChI=1S/C13H25NO3/c1-5-6-7-8-14(9-12(3)17-4)13(16)11(2)10-15/h12,15H,2,5-10H2,1,3-4H3. The average Bonchev–Trinajstić information content (AvgIpc) is 2.35. The van der Waals surface area contributed by atoms with Gasteiger partial charge in [-0.1, -0.05) is 26.3 Å². The number of carbonyl (C=O) groups is 1. The number of aliphatic hydroxyl groups is 1. The van der Waals surface area contributed by atoms with Crippen LogP contribution in [-0.2, 0) is 9.53 Å². The Labute approximate surface area is 104 Å². The van der Waals surface area contributed by atoms with Crippen LogP contribution in [0.4, 0.5) is 0 Å². The first-order valence-corrected chi connectivity index (χ1v) is 6.17. The largest absolute Gasteiger partial charge is 0.391 e. The lowest BCUT2D eigenvalue weighted by molar-refractivity contribution is -0.129. The first-order chi connectivity index (χ1) is 8.06. The fourth-order valence-corrected chi connectivity index (χ4v) is 1.50. The molecular weight excluding hydrogens is 218 g/mol. The van der Waals surface area contributed by atoms with Crippen molar-refractivity contribution in [2.24, 2.45) is 0 Å². The zero-order valence-corrected chi connectivity index (χ0v) is 11.2. The van der Waals surface area contributed by atoms with Crippen LogP contribution in [-0.4, -0.2) is 48.8 Å². The van der Waals surface area contributed by atoms with Gasteiger partial charge in [0.25, 0.3) is 5.91 Å². The molecule has 1 atom stereocenters. The third-order valence-corrected chi connectivity index (χ3v) is 2.69. The molecule has 0 rings (SSSR count). The van der Waals surface area contributed by atoms with Crippen molar-refractivity contribution in [1.82, 2.24) is 4.90 Å². The third-order valence-electron chi connectivity index (χ3n) is 2.69. The lowest BCUT2D eigenvalue weighted by atomic mass is 10.2. The molecule has 1 amide bonds. The van der Waals surface area contributed by atoms with Crippen LogP contribution in [0.3, 0.4) is 0 Å². The van der Waals surface area contributed by atoms with Gasteiger partial charge in [0.1, 0.15) is 0 Å². The molecule has 100 valence electrons. The van der Waals surface area contributed by atoms with Crippen molar-refractivity contribution in [2.45, 2.75) is 39.2 Å². The zero-order valence-electron chi connectivity index (χ0n) is 11.2. The summed E-state index contributed by atoms with van der Waals surface area (Å²) >= 11 is 0. The molecule has 0 saturated carbocycles. The summed E-state index contributed by atoms with van der Waals surface area (Å²) in [6.45, 7) is 8.56. The number of carbonyl (C=O) groups excluding carboxylic acids is 1. The second-order valence-electron chi connectivity index (χ2n) is 4.27. The molecule has 0 aromatic carbocycles. The molecule has 0 radical (unpaired) electrons. The van der Waals surface area contributed by atoms with Crippen molar-refractivity contribution in [2.75, 3.05) is 26.8 Å². The van der Waals surface area contributed by atoms with E-state index in [2.05, 4.69) is 13.5 Å². The van der Waals surface area contributed by atoms with Gasteiger partial charge in [-0.3, -0.25) is 4.79 Å². The normalized spacial score (nSPS) is 12.2. The van der Waals surface area contributed by atoms with E-state index in [1.807, 2.05) is 6.92 Å². The van der Waals surface area contributed by atoms with Crippen LogP contribution in [0.2, 0.25) is 0 Å². The van der Waals surface area contributed by atoms with Gasteiger partial charge in [0.15, 0.2) is 0 Å². The molecule has 0 saturated heterocycles. The molecule has 1 unspecified atom stereocenters. The second-order valence-corrected chi connectivity index (χ2v) is 4.27. The van der Waals surface area contributed by atoms with Crippen molar-refractivity contribution in [1.29, 1.82) is 0 Å². The maximum Gasteiger partial charge on any atom is 0.251 e. The Kier molecular flexibility index (Phi) is 8.72. The van der Waals surface area contributed by atoms with Gasteiger partial charge in [-0.2, -0.15) is 0 Å². The Morgan fingerprint density at radius 1 is 1.47 bits per heavy atom. The van der Waals surface area contributed by atoms with Crippen molar-refractivity contribution in [3.8, 4) is 0 Å². The van der Waals surface area contributed by atoms with Gasteiger partial charge in [-0.05, 0) is 13.3 Å². The molecule has 4 nitrogen and oxygen atoms in total. The van der Waals surface area contributed by atoms with Gasteiger partial charge in [-0.25, -0.2) is 0 Å². The molecule has 17 heavy (non-hydrogen) atoms. The highest BCUT2D eigenvalue weighted by molar-refractivity contribution is 5.93. The van der Waals surface area contributed by atoms with Crippen molar-refractivity contribution in [3.05, 3.63) is 12.2 Å². The minimum Gasteiger partial charge on any atom is -0.391 e. The van der Waals surface area contributed by atoms with Crippen LogP contribution in [0.15, 0.2) is 12.2 Å². The highest BCUT2D eigenvalue weighted by Crippen LogP contribution is 2.06. The van der Waals surface area contributed by atoms with Crippen LogP contribution in [0.1, 0.15) is 33.1 Å². The third kappa shape index (κ3) is 6.44. The van der Waals surface area contributed by atoms with E-state index in [9.17, 15) is 4.79 Å². The van der Waals surface area contributed by atoms with E-state index in [1.165, 1.54) is 0 Å². The zero-order chi connectivity index (χ0) is 13.3. The van der Waals surface area contributed by atoms with Crippen LogP contribution >= 0.6 is 0 Å². The quantitative estimate of drug-likeness (QED) is 0.494. The lowest BCUT2D eigenvalue weighted by Gasteiger charge is -2.25. The van der Waals surface area contributed by atoms with Crippen molar-refractivity contribution < 1.29 is 14.6 Å². The predicted molar refractivity (Wildman–Crippen MR) is 68.8 cm³/mol. The Hall–Kier alpha value is -0.870. The molecule has 4 heteroatoms. The van der Waals surface area contributed by atoms with E-state index in [0.29, 0.717) is 13.1 Å². The smallest absolute Gasteiger partial charge is 0.251 e. The summed E-state index contributed by atoms with van der Waals surface area (Å²) in [6.07, 6.45) is 3.17. The highest BCUT2D eigenvalue weighted by atomic mass is 16.5. The Morgan fingerprint density at radius 2 is 2.12 bits per heavy atom. The van der Waals surface area contributed by atoms with Crippen molar-refractivity contribution in [3.63, 3.8) is 0 Å². The monoisotopic (exact) mass is 243 g/mol. The molecule has 1 N–H and O–H groups in total. The van der Waals surface area contributed by atoms with Crippen LogP contribution in [0.25, 0.3) is 0 Å². The first kappa shape index (κ1) is 16.1. The lowest BCUT2D eigenvalue weighted by Crippen LogP contribution is -2.39. The summed E-state index contributed by atoms with van der Waals surface area (Å²) < 4.78 is 5.16. The second kappa shape index (κ2) is 9.19. The Morgan fingerprint density at radius 3 is 2.59 bits per heavy atom. The van der Waals surface area contributed by atoms with E-state index >= 15 is 0 Å². The van der Waals surface area contributed by atoms with E-state index < -0.39 is 0 Å². The average molecular weight is 243 g/mol. The number of hydrogen-bond acceptors (Lipinski definition) is 3. The van der Waals surface area contributed by atoms with Crippen molar-refractivity contribution >= 4 is 5.91 Å². The molecule has 0 bridgehead atoms. The number of amides is 1. The van der Waals surface area contributed by atoms with E-state index in [0.717, 1.165) is 19.3 Å². The maximum absolute atomic E-state index is 11.9. The summed E-state index contributed by atoms with van der Waals surface area (Å²) in [5.41, 5.74) is 0.241. The number of hydrogen-bond donors (Lipinski definition) is 1. The molecule has 0 spiro atoms. The SMILES string of the molecule is C=C(CO)C(=O)N(CCCCC)CC(C)OC. The van der Waals surface area contributed by atoms with Gasteiger partial charge < -0.3 is 14.7 Å². The Balaban J connectivity index is 4.37. The summed E-state index contributed by atoms with van der Waals surface area (Å²) in [7, 11) is 1.63. The minimum atomic E-state index is -0.287. The van der Waals surface area contributed by atoms with Crippen LogP contribution in [0.5, 0.6) is 0 Å². The summed E-state index contributed by atoms with van der Waals surface area (Å²) in [5.74, 6) is -0.174. The summed E-state index contributed by atoms with van der Waals surface area (Å²) in [5, 5.41) is 8.94. The number of ether oxygens (including phenoxy) is 1. The van der Waals surface area contributed by atoms with Gasteiger partial charge in [-0.15, -0.1) is 0 Å². The van der Waals surface area contributed by atoms with Gasteiger partial charge in [0.2, 0.25) is 0 Å². The fraction of sp³-hybridized carbons (Fsp3) is 0.769. The molecule has 0 fully saturated rings. The number of nitrogens with zero attached hydrogens (tertiary/aromatic N) is 1. The number of unbranched alkanes of at least 4 members (excludes halogenated alkanes) is 2. The first-order valence-electron chi connectivity index (χ1n) is 6.17. The molecule has 0 aliphatic heterocycles. The summed E-state index contributed by atoms with van der Waals surface area (Å²) in [4.78, 5) is 13.6. The summed E-state index contributed by atoms with van der Waals surface area (Å²) in [6, 6.07) is 0. The fourth-order valence-electron chi connectivity index (χ4n) is 1.50. The van der Waals surface area contributed by atoms with Gasteiger partial charge >= 0.3 is 0 Å². The number of aliphatic hydroxyl groups excluding tert-OH is 1. The molecule has 0 heterocycles. The highest BCUT2D eigenvalue weighted by Gasteiger charge is 2.18. The van der Waals surface area contributed by atoms with Crippen LogP contribution in [0, 0.1) is 0 Å². The molecule has 0 aliphatic carbocycles. The number of rotatable bonds is 9. The molecular formula is C13H25NO3. The maximum atomic E-state index is 11.9. The number of methoxy groups -OCH3 is 1. The van der Waals surface area contributed by atoms with Gasteiger partial charge in [0, 0.05) is 25.8 Å². The molecule has 0 aromatic heterocycles. The Bertz CT molecular complexity index is 241. The van der Waals surface area contributed by atoms with E-state index in [1.54, 1.807) is 12.0 Å². The van der Waals surface area contributed by atoms with E-state index in [-0.39, 0.29) is 24.2 Å². The van der Waals surface area contributed by atoms with Crippen LogP contribution < -0.4 is 0 Å². The predicted octanol–water partition coefficient (Wildman–Crippen LogP) is 1.59. The topological polar surface area (TPSA) is 49.8 Å². The van der Waals surface area contributed by atoms with Gasteiger partial charge in [0.05, 0.1) is 12.7 Å². The van der Waals surface area contributed by atoms with E-state index in [4.69, 9.17) is 9.84 Å². The molecule has 0 aliphatic rings. The minimum absolute atomic E-state index is 0.00734.